The average Bonchev–Trinajstić information content (AvgIpc) is 3.21. The van der Waals surface area contributed by atoms with Gasteiger partial charge in [0.05, 0.1) is 13.2 Å². The number of carbonyl (C=O) groups excluding carboxylic acids is 1. The van der Waals surface area contributed by atoms with Crippen LogP contribution in [0.4, 0.5) is 0 Å². The summed E-state index contributed by atoms with van der Waals surface area (Å²) in [6.07, 6.45) is 5.86. The van der Waals surface area contributed by atoms with E-state index in [0.717, 1.165) is 50.8 Å². The van der Waals surface area contributed by atoms with E-state index in [9.17, 15) is 9.90 Å². The fourth-order valence-corrected chi connectivity index (χ4v) is 5.44. The lowest BCUT2D eigenvalue weighted by Crippen LogP contribution is -2.42. The molecule has 0 spiro atoms. The first-order valence-corrected chi connectivity index (χ1v) is 13.1. The molecular formula is C28H41NO3S. The Hall–Kier alpha value is -1.85. The Kier molecular flexibility index (Phi) is 8.63. The summed E-state index contributed by atoms with van der Waals surface area (Å²) in [5.74, 6) is 0.655. The van der Waals surface area contributed by atoms with Gasteiger partial charge in [0.2, 0.25) is 5.91 Å². The van der Waals surface area contributed by atoms with Gasteiger partial charge in [0.25, 0.3) is 0 Å². The third kappa shape index (κ3) is 7.86. The minimum Gasteiger partial charge on any atom is -0.508 e. The number of nitrogens with zero attached hydrogens (tertiary/aromatic N) is 1. The minimum absolute atomic E-state index is 0.00315. The molecule has 0 radical (unpaired) electrons. The molecule has 1 aromatic heterocycles. The van der Waals surface area contributed by atoms with E-state index in [1.165, 1.54) is 15.3 Å². The number of aromatic hydroxyl groups is 1. The van der Waals surface area contributed by atoms with Crippen LogP contribution in [-0.2, 0) is 34.2 Å². The summed E-state index contributed by atoms with van der Waals surface area (Å²) < 4.78 is 5.36. The standard InChI is InChI=1S/C28H41NO3S/c1-27(2,3)24-19-21(9-12-25(24)30)7-6-8-22-10-11-23(33-22)13-14-28(4,5)20-26(31)29-15-17-32-18-16-29/h9-12,19,30H,6-8,13-18,20H2,1-5H3. The van der Waals surface area contributed by atoms with Crippen LogP contribution < -0.4 is 0 Å². The Bertz CT molecular complexity index is 919. The maximum atomic E-state index is 12.6. The first-order valence-electron chi connectivity index (χ1n) is 12.3. The topological polar surface area (TPSA) is 49.8 Å². The number of aryl methyl sites for hydroxylation is 3. The quantitative estimate of drug-likeness (QED) is 0.478. The maximum absolute atomic E-state index is 12.6. The molecule has 0 unspecified atom stereocenters. The molecule has 0 bridgehead atoms. The van der Waals surface area contributed by atoms with Gasteiger partial charge in [-0.2, -0.15) is 0 Å². The molecule has 2 aromatic rings. The highest BCUT2D eigenvalue weighted by molar-refractivity contribution is 7.11. The molecule has 4 nitrogen and oxygen atoms in total. The van der Waals surface area contributed by atoms with E-state index in [1.54, 1.807) is 0 Å². The van der Waals surface area contributed by atoms with Crippen LogP contribution in [-0.4, -0.2) is 42.2 Å². The van der Waals surface area contributed by atoms with Gasteiger partial charge in [0, 0.05) is 29.3 Å². The molecule has 0 aliphatic carbocycles. The highest BCUT2D eigenvalue weighted by Crippen LogP contribution is 2.32. The van der Waals surface area contributed by atoms with Crippen molar-refractivity contribution in [3.63, 3.8) is 0 Å². The second kappa shape index (κ2) is 11.1. The molecule has 1 aliphatic rings. The van der Waals surface area contributed by atoms with E-state index >= 15 is 0 Å². The zero-order valence-corrected chi connectivity index (χ0v) is 21.9. The third-order valence-electron chi connectivity index (χ3n) is 6.52. The SMILES string of the molecule is CC(C)(CCc1ccc(CCCc2ccc(O)c(C(C)(C)C)c2)s1)CC(=O)N1CCOCC1. The van der Waals surface area contributed by atoms with Crippen LogP contribution in [0.15, 0.2) is 30.3 Å². The maximum Gasteiger partial charge on any atom is 0.223 e. The normalized spacial score (nSPS) is 15.1. The lowest BCUT2D eigenvalue weighted by Gasteiger charge is -2.31. The van der Waals surface area contributed by atoms with Crippen molar-refractivity contribution in [1.29, 1.82) is 0 Å². The Morgan fingerprint density at radius 3 is 2.33 bits per heavy atom. The summed E-state index contributed by atoms with van der Waals surface area (Å²) >= 11 is 1.91. The van der Waals surface area contributed by atoms with Gasteiger partial charge in [0.15, 0.2) is 0 Å². The fourth-order valence-electron chi connectivity index (χ4n) is 4.38. The lowest BCUT2D eigenvalue weighted by atomic mass is 9.83. The number of ether oxygens (including phenoxy) is 1. The second-order valence-electron chi connectivity index (χ2n) is 11.2. The van der Waals surface area contributed by atoms with E-state index in [2.05, 4.69) is 52.8 Å². The van der Waals surface area contributed by atoms with Crippen molar-refractivity contribution in [2.45, 2.75) is 78.6 Å². The van der Waals surface area contributed by atoms with Crippen LogP contribution in [0.1, 0.15) is 74.8 Å². The van der Waals surface area contributed by atoms with E-state index < -0.39 is 0 Å². The second-order valence-corrected chi connectivity index (χ2v) is 12.4. The molecule has 1 N–H and O–H groups in total. The third-order valence-corrected chi connectivity index (χ3v) is 7.72. The van der Waals surface area contributed by atoms with Gasteiger partial charge >= 0.3 is 0 Å². The van der Waals surface area contributed by atoms with Gasteiger partial charge in [-0.05, 0) is 72.3 Å². The predicted octanol–water partition coefficient (Wildman–Crippen LogP) is 6.13. The van der Waals surface area contributed by atoms with Crippen molar-refractivity contribution >= 4 is 17.2 Å². The minimum atomic E-state index is -0.0523. The summed E-state index contributed by atoms with van der Waals surface area (Å²) in [5.41, 5.74) is 2.27. The molecule has 1 saturated heterocycles. The van der Waals surface area contributed by atoms with Crippen LogP contribution in [0.25, 0.3) is 0 Å². The van der Waals surface area contributed by atoms with Crippen molar-refractivity contribution in [1.82, 2.24) is 4.90 Å². The fraction of sp³-hybridized carbons (Fsp3) is 0.607. The van der Waals surface area contributed by atoms with Crippen LogP contribution in [0.5, 0.6) is 5.75 Å². The number of amides is 1. The molecule has 1 aromatic carbocycles. The number of morpholine rings is 1. The van der Waals surface area contributed by atoms with Gasteiger partial charge in [-0.1, -0.05) is 46.8 Å². The van der Waals surface area contributed by atoms with E-state index in [0.29, 0.717) is 25.4 Å². The van der Waals surface area contributed by atoms with Crippen LogP contribution >= 0.6 is 11.3 Å². The molecule has 0 atom stereocenters. The Morgan fingerprint density at radius 2 is 1.67 bits per heavy atom. The number of benzene rings is 1. The van der Waals surface area contributed by atoms with Crippen molar-refractivity contribution in [3.8, 4) is 5.75 Å². The van der Waals surface area contributed by atoms with Gasteiger partial charge in [-0.15, -0.1) is 11.3 Å². The number of thiophene rings is 1. The van der Waals surface area contributed by atoms with Crippen molar-refractivity contribution < 1.29 is 14.6 Å². The highest BCUT2D eigenvalue weighted by Gasteiger charge is 2.26. The Balaban J connectivity index is 1.45. The van der Waals surface area contributed by atoms with Crippen LogP contribution in [0.3, 0.4) is 0 Å². The highest BCUT2D eigenvalue weighted by atomic mass is 32.1. The monoisotopic (exact) mass is 471 g/mol. The number of carbonyl (C=O) groups is 1. The van der Waals surface area contributed by atoms with Gasteiger partial charge in [-0.25, -0.2) is 0 Å². The summed E-state index contributed by atoms with van der Waals surface area (Å²) in [5, 5.41) is 10.2. The molecule has 3 rings (SSSR count). The molecule has 1 aliphatic heterocycles. The zero-order valence-electron chi connectivity index (χ0n) is 21.1. The van der Waals surface area contributed by atoms with Gasteiger partial charge < -0.3 is 14.7 Å². The Labute approximate surface area is 204 Å². The molecular weight excluding hydrogens is 430 g/mol. The van der Waals surface area contributed by atoms with Crippen LogP contribution in [0, 0.1) is 5.41 Å². The molecule has 5 heteroatoms. The summed E-state index contributed by atoms with van der Waals surface area (Å²) in [6, 6.07) is 10.6. The summed E-state index contributed by atoms with van der Waals surface area (Å²) in [6.45, 7) is 13.6. The summed E-state index contributed by atoms with van der Waals surface area (Å²) in [7, 11) is 0. The number of rotatable bonds is 9. The van der Waals surface area contributed by atoms with E-state index in [-0.39, 0.29) is 16.7 Å². The molecule has 33 heavy (non-hydrogen) atoms. The van der Waals surface area contributed by atoms with Crippen molar-refractivity contribution in [2.75, 3.05) is 26.3 Å². The first kappa shape index (κ1) is 25.8. The van der Waals surface area contributed by atoms with Gasteiger partial charge in [-0.3, -0.25) is 4.79 Å². The Morgan fingerprint density at radius 1 is 1.00 bits per heavy atom. The zero-order chi connectivity index (χ0) is 24.1. The van der Waals surface area contributed by atoms with E-state index in [4.69, 9.17) is 4.74 Å². The van der Waals surface area contributed by atoms with Gasteiger partial charge in [0.1, 0.15) is 5.75 Å². The van der Waals surface area contributed by atoms with Crippen molar-refractivity contribution in [3.05, 3.63) is 51.2 Å². The first-order chi connectivity index (χ1) is 15.5. The average molecular weight is 472 g/mol. The smallest absolute Gasteiger partial charge is 0.223 e. The van der Waals surface area contributed by atoms with Crippen LogP contribution in [0.2, 0.25) is 0 Å². The molecule has 182 valence electrons. The predicted molar refractivity (Wildman–Crippen MR) is 137 cm³/mol. The molecule has 1 fully saturated rings. The van der Waals surface area contributed by atoms with E-state index in [1.807, 2.05) is 28.4 Å². The number of phenols is 1. The molecule has 0 saturated carbocycles. The summed E-state index contributed by atoms with van der Waals surface area (Å²) in [4.78, 5) is 17.4. The number of phenolic OH excluding ortho intramolecular Hbond substituents is 1. The van der Waals surface area contributed by atoms with Crippen molar-refractivity contribution in [2.24, 2.45) is 5.41 Å². The lowest BCUT2D eigenvalue weighted by molar-refractivity contribution is -0.137. The molecule has 1 amide bonds. The number of hydrogen-bond acceptors (Lipinski definition) is 4. The molecule has 2 heterocycles. The largest absolute Gasteiger partial charge is 0.508 e. The number of hydrogen-bond donors (Lipinski definition) is 1.